The van der Waals surface area contributed by atoms with Crippen LogP contribution in [-0.4, -0.2) is 87.4 Å². The summed E-state index contributed by atoms with van der Waals surface area (Å²) in [4.78, 5) is 58.9. The van der Waals surface area contributed by atoms with Gasteiger partial charge in [0.2, 0.25) is 17.6 Å². The van der Waals surface area contributed by atoms with Crippen molar-refractivity contribution in [1.82, 2.24) is 15.1 Å². The van der Waals surface area contributed by atoms with Gasteiger partial charge in [0, 0.05) is 12.1 Å². The van der Waals surface area contributed by atoms with Gasteiger partial charge >= 0.3 is 6.09 Å². The average Bonchev–Trinajstić information content (AvgIpc) is 3.26. The summed E-state index contributed by atoms with van der Waals surface area (Å²) in [5.41, 5.74) is 5.70. The van der Waals surface area contributed by atoms with Crippen molar-refractivity contribution in [2.75, 3.05) is 20.8 Å². The van der Waals surface area contributed by atoms with Crippen molar-refractivity contribution >= 4 is 52.5 Å². The minimum Gasteiger partial charge on any atom is -0.502 e. The number of nitrogens with one attached hydrogen (secondary N) is 1. The third-order valence-electron chi connectivity index (χ3n) is 6.92. The molecule has 1 saturated heterocycles. The van der Waals surface area contributed by atoms with E-state index in [1.807, 2.05) is 6.07 Å². The van der Waals surface area contributed by atoms with Gasteiger partial charge in [-0.25, -0.2) is 9.79 Å². The Kier molecular flexibility index (Phi) is 11.5. The number of methoxy groups -OCH3 is 2. The maximum absolute atomic E-state index is 14.1. The average molecular weight is 642 g/mol. The zero-order chi connectivity index (χ0) is 33.5. The number of nitrogens with zero attached hydrogens (tertiary/aromatic N) is 3. The van der Waals surface area contributed by atoms with E-state index in [0.717, 1.165) is 11.8 Å². The van der Waals surface area contributed by atoms with E-state index < -0.39 is 41.4 Å². The van der Waals surface area contributed by atoms with Gasteiger partial charge in [-0.05, 0) is 88.2 Å². The number of rotatable bonds is 12. The number of phenols is 1. The highest BCUT2D eigenvalue weighted by molar-refractivity contribution is 8.18. The minimum atomic E-state index is -1.17. The molecule has 45 heavy (non-hydrogen) atoms. The lowest BCUT2D eigenvalue weighted by Gasteiger charge is -2.34. The first kappa shape index (κ1) is 34.8. The summed E-state index contributed by atoms with van der Waals surface area (Å²) in [5, 5.41) is 22.9. The largest absolute Gasteiger partial charge is 0.502 e. The first-order chi connectivity index (χ1) is 21.2. The van der Waals surface area contributed by atoms with E-state index in [9.17, 15) is 29.4 Å². The molecule has 0 saturated carbocycles. The summed E-state index contributed by atoms with van der Waals surface area (Å²) in [6.07, 6.45) is 0.705. The van der Waals surface area contributed by atoms with Crippen LogP contribution in [0.5, 0.6) is 17.2 Å². The topological polar surface area (TPSA) is 184 Å². The van der Waals surface area contributed by atoms with Crippen molar-refractivity contribution in [2.24, 2.45) is 10.7 Å². The van der Waals surface area contributed by atoms with Crippen LogP contribution in [0, 0.1) is 0 Å². The zero-order valence-corrected chi connectivity index (χ0v) is 26.9. The highest BCUT2D eigenvalue weighted by Gasteiger charge is 2.42. The maximum atomic E-state index is 14.1. The van der Waals surface area contributed by atoms with Gasteiger partial charge < -0.3 is 35.6 Å². The fourth-order valence-electron chi connectivity index (χ4n) is 4.52. The molecular weight excluding hydrogens is 602 g/mol. The SMILES string of the molecule is COc1cc(C=C2SC(=Nc3ccccc3)N(C(CCCN(C(=O)O)C(C)(C)C)C(=O)NC(C)C(N)=O)C2=O)cc(OC)c1O. The Morgan fingerprint density at radius 2 is 1.73 bits per heavy atom. The number of thioether (sulfide) groups is 1. The quantitative estimate of drug-likeness (QED) is 0.249. The molecule has 4 amide bonds. The normalized spacial score (nSPS) is 16.4. The Labute approximate surface area is 266 Å². The number of phenolic OH excluding ortho intramolecular Hbond substituents is 1. The fraction of sp³-hybridized carbons (Fsp3) is 0.387. The molecule has 242 valence electrons. The van der Waals surface area contributed by atoms with Crippen LogP contribution in [0.4, 0.5) is 10.5 Å². The van der Waals surface area contributed by atoms with Crippen molar-refractivity contribution in [3.8, 4) is 17.2 Å². The molecule has 2 aromatic rings. The summed E-state index contributed by atoms with van der Waals surface area (Å²) in [7, 11) is 2.77. The second-order valence-corrected chi connectivity index (χ2v) is 12.2. The number of aliphatic imine (C=N–C) groups is 1. The van der Waals surface area contributed by atoms with Crippen LogP contribution in [0.25, 0.3) is 6.08 Å². The molecule has 2 unspecified atom stereocenters. The Hall–Kier alpha value is -4.72. The van der Waals surface area contributed by atoms with Crippen LogP contribution in [0.2, 0.25) is 0 Å². The molecule has 0 aliphatic carbocycles. The van der Waals surface area contributed by atoms with Crippen LogP contribution < -0.4 is 20.5 Å². The molecule has 0 spiro atoms. The number of ether oxygens (including phenoxy) is 2. The van der Waals surface area contributed by atoms with Crippen molar-refractivity contribution in [3.63, 3.8) is 0 Å². The van der Waals surface area contributed by atoms with E-state index in [1.54, 1.807) is 51.1 Å². The number of carbonyl (C=O) groups is 4. The van der Waals surface area contributed by atoms with Crippen LogP contribution >= 0.6 is 11.8 Å². The maximum Gasteiger partial charge on any atom is 0.407 e. The number of para-hydroxylation sites is 1. The van der Waals surface area contributed by atoms with E-state index in [4.69, 9.17) is 15.2 Å². The molecule has 5 N–H and O–H groups in total. The molecule has 0 bridgehead atoms. The van der Waals surface area contributed by atoms with Crippen LogP contribution in [0.1, 0.15) is 46.1 Å². The van der Waals surface area contributed by atoms with Crippen molar-refractivity contribution in [3.05, 3.63) is 52.9 Å². The first-order valence-corrected chi connectivity index (χ1v) is 14.9. The van der Waals surface area contributed by atoms with E-state index in [2.05, 4.69) is 10.3 Å². The predicted octanol–water partition coefficient (Wildman–Crippen LogP) is 3.93. The van der Waals surface area contributed by atoms with Gasteiger partial charge in [-0.1, -0.05) is 18.2 Å². The number of hydrogen-bond donors (Lipinski definition) is 4. The highest BCUT2D eigenvalue weighted by atomic mass is 32.2. The number of carbonyl (C=O) groups excluding carboxylic acids is 3. The summed E-state index contributed by atoms with van der Waals surface area (Å²) in [6, 6.07) is 9.72. The number of aromatic hydroxyl groups is 1. The van der Waals surface area contributed by atoms with Crippen LogP contribution in [0.15, 0.2) is 52.4 Å². The number of amides is 4. The summed E-state index contributed by atoms with van der Waals surface area (Å²) >= 11 is 1.03. The number of amidine groups is 1. The number of benzene rings is 2. The molecule has 1 fully saturated rings. The highest BCUT2D eigenvalue weighted by Crippen LogP contribution is 2.40. The number of primary amides is 1. The van der Waals surface area contributed by atoms with Gasteiger partial charge in [0.15, 0.2) is 16.7 Å². The summed E-state index contributed by atoms with van der Waals surface area (Å²) in [6.45, 7) is 6.80. The van der Waals surface area contributed by atoms with Crippen molar-refractivity contribution in [1.29, 1.82) is 0 Å². The third kappa shape index (κ3) is 8.69. The minimum absolute atomic E-state index is 0.0470. The van der Waals surface area contributed by atoms with E-state index in [1.165, 1.54) is 43.1 Å². The predicted molar refractivity (Wildman–Crippen MR) is 171 cm³/mol. The first-order valence-electron chi connectivity index (χ1n) is 14.1. The molecule has 14 heteroatoms. The second kappa shape index (κ2) is 14.8. The van der Waals surface area contributed by atoms with Gasteiger partial charge in [-0.3, -0.25) is 19.3 Å². The molecule has 13 nitrogen and oxygen atoms in total. The Morgan fingerprint density at radius 1 is 1.13 bits per heavy atom. The lowest BCUT2D eigenvalue weighted by atomic mass is 10.0. The van der Waals surface area contributed by atoms with Gasteiger partial charge in [0.1, 0.15) is 12.1 Å². The molecule has 0 aromatic heterocycles. The van der Waals surface area contributed by atoms with Crippen LogP contribution in [0.3, 0.4) is 0 Å². The molecule has 1 heterocycles. The molecule has 1 aliphatic rings. The molecular formula is C31H39N5O8S. The molecule has 1 aliphatic heterocycles. The molecule has 3 rings (SSSR count). The van der Waals surface area contributed by atoms with E-state index in [-0.39, 0.29) is 46.7 Å². The summed E-state index contributed by atoms with van der Waals surface area (Å²) in [5.74, 6) is -1.90. The Morgan fingerprint density at radius 3 is 2.24 bits per heavy atom. The summed E-state index contributed by atoms with van der Waals surface area (Å²) < 4.78 is 10.5. The van der Waals surface area contributed by atoms with Crippen molar-refractivity contribution in [2.45, 2.75) is 58.2 Å². The molecule has 2 atom stereocenters. The van der Waals surface area contributed by atoms with E-state index in [0.29, 0.717) is 11.3 Å². The second-order valence-electron chi connectivity index (χ2n) is 11.2. The lowest BCUT2D eigenvalue weighted by molar-refractivity contribution is -0.134. The Balaban J connectivity index is 2.10. The number of nitrogens with two attached hydrogens (primary N) is 1. The Bertz CT molecular complexity index is 1460. The monoisotopic (exact) mass is 641 g/mol. The molecule has 0 radical (unpaired) electrons. The number of carboxylic acid groups (broad SMARTS) is 1. The van der Waals surface area contributed by atoms with Gasteiger partial charge in [-0.15, -0.1) is 0 Å². The molecule has 2 aromatic carbocycles. The lowest BCUT2D eigenvalue weighted by Crippen LogP contribution is -2.53. The van der Waals surface area contributed by atoms with Gasteiger partial charge in [-0.2, -0.15) is 0 Å². The smallest absolute Gasteiger partial charge is 0.407 e. The van der Waals surface area contributed by atoms with E-state index >= 15 is 0 Å². The fourth-order valence-corrected chi connectivity index (χ4v) is 5.56. The van der Waals surface area contributed by atoms with Crippen LogP contribution in [-0.2, 0) is 14.4 Å². The van der Waals surface area contributed by atoms with Crippen molar-refractivity contribution < 1.29 is 38.9 Å². The standard InChI is InChI=1S/C31H39N5O8S/c1-18(26(32)38)33-27(39)21(13-10-14-35(30(41)42)31(2,3)4)36-28(40)24(45-29(36)34-20-11-8-7-9-12-20)17-19-15-22(43-5)25(37)23(16-19)44-6/h7-9,11-12,15-18,21,37H,10,13-14H2,1-6H3,(H2,32,38)(H,33,39)(H,41,42). The van der Waals surface area contributed by atoms with Gasteiger partial charge in [0.25, 0.3) is 5.91 Å². The number of hydrogen-bond acceptors (Lipinski definition) is 9. The zero-order valence-electron chi connectivity index (χ0n) is 26.1. The third-order valence-corrected chi connectivity index (χ3v) is 7.90. The van der Waals surface area contributed by atoms with Gasteiger partial charge in [0.05, 0.1) is 24.8 Å².